The van der Waals surface area contributed by atoms with Crippen LogP contribution in [0.2, 0.25) is 0 Å². The third-order valence-corrected chi connectivity index (χ3v) is 4.62. The summed E-state index contributed by atoms with van der Waals surface area (Å²) in [7, 11) is 0. The summed E-state index contributed by atoms with van der Waals surface area (Å²) in [6.45, 7) is 0. The highest BCUT2D eigenvalue weighted by molar-refractivity contribution is 6.09. The summed E-state index contributed by atoms with van der Waals surface area (Å²) in [4.78, 5) is 4.55. The zero-order chi connectivity index (χ0) is 18.2. The first-order chi connectivity index (χ1) is 13.3. The lowest BCUT2D eigenvalue weighted by atomic mass is 10.1. The number of para-hydroxylation sites is 1. The van der Waals surface area contributed by atoms with Crippen LogP contribution in [0.25, 0.3) is 27.6 Å². The molecule has 0 fully saturated rings. The summed E-state index contributed by atoms with van der Waals surface area (Å²) in [5, 5.41) is 2.35. The van der Waals surface area contributed by atoms with Crippen LogP contribution in [0.3, 0.4) is 0 Å². The molecule has 27 heavy (non-hydrogen) atoms. The standard InChI is InChI=1S/C23H17N3O/c24-16-6-5-7-17(14-16)27-18-11-12-20-19-8-1-2-9-21(19)26(22(20)15-18)23-10-3-4-13-25-23/h1-15H,24H2. The Labute approximate surface area is 156 Å². The second kappa shape index (κ2) is 6.18. The van der Waals surface area contributed by atoms with Crippen molar-refractivity contribution in [3.8, 4) is 17.3 Å². The van der Waals surface area contributed by atoms with Crippen molar-refractivity contribution in [1.29, 1.82) is 0 Å². The topological polar surface area (TPSA) is 53.1 Å². The number of aromatic nitrogens is 2. The number of pyridine rings is 1. The molecule has 3 aromatic carbocycles. The van der Waals surface area contributed by atoms with E-state index in [-0.39, 0.29) is 0 Å². The molecule has 4 nitrogen and oxygen atoms in total. The van der Waals surface area contributed by atoms with E-state index in [2.05, 4.69) is 33.8 Å². The summed E-state index contributed by atoms with van der Waals surface area (Å²) in [5.74, 6) is 2.35. The van der Waals surface area contributed by atoms with E-state index in [9.17, 15) is 0 Å². The van der Waals surface area contributed by atoms with Gasteiger partial charge in [-0.25, -0.2) is 4.98 Å². The van der Waals surface area contributed by atoms with Gasteiger partial charge in [0, 0.05) is 34.8 Å². The number of hydrogen-bond acceptors (Lipinski definition) is 3. The van der Waals surface area contributed by atoms with Crippen LogP contribution in [0, 0.1) is 0 Å². The summed E-state index contributed by atoms with van der Waals surface area (Å²) >= 11 is 0. The molecule has 0 radical (unpaired) electrons. The molecule has 0 amide bonds. The largest absolute Gasteiger partial charge is 0.457 e. The van der Waals surface area contributed by atoms with Crippen LogP contribution in [0.15, 0.2) is 91.1 Å². The van der Waals surface area contributed by atoms with Crippen LogP contribution >= 0.6 is 0 Å². The van der Waals surface area contributed by atoms with Gasteiger partial charge in [-0.05, 0) is 42.5 Å². The van der Waals surface area contributed by atoms with Crippen LogP contribution in [0.5, 0.6) is 11.5 Å². The predicted octanol–water partition coefficient (Wildman–Crippen LogP) is 5.55. The number of benzene rings is 3. The highest BCUT2D eigenvalue weighted by atomic mass is 16.5. The molecular formula is C23H17N3O. The molecule has 4 heteroatoms. The number of nitrogens with zero attached hydrogens (tertiary/aromatic N) is 2. The first kappa shape index (κ1) is 15.5. The van der Waals surface area contributed by atoms with Crippen molar-refractivity contribution in [2.75, 3.05) is 5.73 Å². The first-order valence-electron chi connectivity index (χ1n) is 8.77. The van der Waals surface area contributed by atoms with Gasteiger partial charge in [0.15, 0.2) is 0 Å². The zero-order valence-electron chi connectivity index (χ0n) is 14.5. The number of rotatable bonds is 3. The van der Waals surface area contributed by atoms with E-state index in [1.807, 2.05) is 66.9 Å². The van der Waals surface area contributed by atoms with Gasteiger partial charge in [-0.1, -0.05) is 30.3 Å². The van der Waals surface area contributed by atoms with Crippen molar-refractivity contribution < 1.29 is 4.74 Å². The molecule has 0 bridgehead atoms. The van der Waals surface area contributed by atoms with Crippen LogP contribution in [-0.2, 0) is 0 Å². The molecule has 5 aromatic rings. The van der Waals surface area contributed by atoms with Crippen molar-refractivity contribution in [2.24, 2.45) is 0 Å². The smallest absolute Gasteiger partial charge is 0.137 e. The lowest BCUT2D eigenvalue weighted by Gasteiger charge is -2.09. The van der Waals surface area contributed by atoms with E-state index >= 15 is 0 Å². The number of fused-ring (bicyclic) bond motifs is 3. The first-order valence-corrected chi connectivity index (χ1v) is 8.77. The Morgan fingerprint density at radius 3 is 2.37 bits per heavy atom. The molecule has 2 aromatic heterocycles. The summed E-state index contributed by atoms with van der Waals surface area (Å²) < 4.78 is 8.20. The third kappa shape index (κ3) is 2.68. The Bertz CT molecular complexity index is 1260. The minimum atomic E-state index is 0.677. The quantitative estimate of drug-likeness (QED) is 0.433. The maximum absolute atomic E-state index is 6.04. The average Bonchev–Trinajstić information content (AvgIpc) is 3.02. The van der Waals surface area contributed by atoms with E-state index < -0.39 is 0 Å². The Balaban J connectivity index is 1.73. The second-order valence-electron chi connectivity index (χ2n) is 6.39. The molecule has 0 aliphatic heterocycles. The number of nitrogen functional groups attached to an aromatic ring is 1. The second-order valence-corrected chi connectivity index (χ2v) is 6.39. The molecule has 0 aliphatic rings. The predicted molar refractivity (Wildman–Crippen MR) is 110 cm³/mol. The van der Waals surface area contributed by atoms with Crippen molar-refractivity contribution >= 4 is 27.5 Å². The molecule has 0 atom stereocenters. The molecule has 0 saturated carbocycles. The fourth-order valence-corrected chi connectivity index (χ4v) is 3.46. The highest BCUT2D eigenvalue weighted by Crippen LogP contribution is 2.34. The highest BCUT2D eigenvalue weighted by Gasteiger charge is 2.13. The van der Waals surface area contributed by atoms with Gasteiger partial charge in [-0.3, -0.25) is 4.57 Å². The normalized spacial score (nSPS) is 11.1. The van der Waals surface area contributed by atoms with Crippen molar-refractivity contribution in [3.05, 3.63) is 91.1 Å². The Morgan fingerprint density at radius 1 is 0.704 bits per heavy atom. The Kier molecular flexibility index (Phi) is 3.54. The number of nitrogens with two attached hydrogens (primary N) is 1. The van der Waals surface area contributed by atoms with Crippen molar-refractivity contribution in [3.63, 3.8) is 0 Å². The van der Waals surface area contributed by atoms with E-state index in [1.54, 1.807) is 0 Å². The van der Waals surface area contributed by atoms with Gasteiger partial charge in [-0.15, -0.1) is 0 Å². The lowest BCUT2D eigenvalue weighted by molar-refractivity contribution is 0.483. The zero-order valence-corrected chi connectivity index (χ0v) is 14.5. The van der Waals surface area contributed by atoms with Crippen LogP contribution < -0.4 is 10.5 Å². The van der Waals surface area contributed by atoms with Crippen LogP contribution in [0.4, 0.5) is 5.69 Å². The monoisotopic (exact) mass is 351 g/mol. The van der Waals surface area contributed by atoms with Gasteiger partial charge in [-0.2, -0.15) is 0 Å². The molecule has 0 spiro atoms. The van der Waals surface area contributed by atoms with E-state index in [4.69, 9.17) is 10.5 Å². The third-order valence-electron chi connectivity index (χ3n) is 4.62. The SMILES string of the molecule is Nc1cccc(Oc2ccc3c4ccccc4n(-c4ccccn4)c3c2)c1. The maximum Gasteiger partial charge on any atom is 0.137 e. The molecule has 2 heterocycles. The fourth-order valence-electron chi connectivity index (χ4n) is 3.46. The number of ether oxygens (including phenoxy) is 1. The van der Waals surface area contributed by atoms with E-state index in [0.717, 1.165) is 33.7 Å². The van der Waals surface area contributed by atoms with Gasteiger partial charge >= 0.3 is 0 Å². The fraction of sp³-hybridized carbons (Fsp3) is 0. The number of anilines is 1. The minimum absolute atomic E-state index is 0.677. The Hall–Kier alpha value is -3.79. The molecule has 130 valence electrons. The Morgan fingerprint density at radius 2 is 1.52 bits per heavy atom. The van der Waals surface area contributed by atoms with E-state index in [0.29, 0.717) is 5.69 Å². The molecule has 0 saturated heterocycles. The molecule has 2 N–H and O–H groups in total. The van der Waals surface area contributed by atoms with Gasteiger partial charge in [0.05, 0.1) is 11.0 Å². The summed E-state index contributed by atoms with van der Waals surface area (Å²) in [5.41, 5.74) is 8.71. The van der Waals surface area contributed by atoms with Gasteiger partial charge < -0.3 is 10.5 Å². The van der Waals surface area contributed by atoms with Gasteiger partial charge in [0.1, 0.15) is 17.3 Å². The van der Waals surface area contributed by atoms with Crippen molar-refractivity contribution in [2.45, 2.75) is 0 Å². The molecular weight excluding hydrogens is 334 g/mol. The molecule has 0 aliphatic carbocycles. The molecule has 0 unspecified atom stereocenters. The molecule has 5 rings (SSSR count). The van der Waals surface area contributed by atoms with Gasteiger partial charge in [0.25, 0.3) is 0 Å². The minimum Gasteiger partial charge on any atom is -0.457 e. The average molecular weight is 351 g/mol. The number of hydrogen-bond donors (Lipinski definition) is 1. The van der Waals surface area contributed by atoms with Crippen LogP contribution in [0.1, 0.15) is 0 Å². The van der Waals surface area contributed by atoms with Crippen molar-refractivity contribution in [1.82, 2.24) is 9.55 Å². The maximum atomic E-state index is 6.04. The van der Waals surface area contributed by atoms with Crippen LogP contribution in [-0.4, -0.2) is 9.55 Å². The summed E-state index contributed by atoms with van der Waals surface area (Å²) in [6.07, 6.45) is 1.81. The lowest BCUT2D eigenvalue weighted by Crippen LogP contribution is -1.96. The van der Waals surface area contributed by atoms with E-state index in [1.165, 1.54) is 5.39 Å². The summed E-state index contributed by atoms with van der Waals surface area (Å²) in [6, 6.07) is 27.9. The van der Waals surface area contributed by atoms with Gasteiger partial charge in [0.2, 0.25) is 0 Å².